The maximum Gasteiger partial charge on any atom is 0.261 e. The molecule has 1 aliphatic rings. The highest BCUT2D eigenvalue weighted by molar-refractivity contribution is 7.12. The summed E-state index contributed by atoms with van der Waals surface area (Å²) >= 11 is 1.35. The molecular weight excluding hydrogens is 298 g/mol. The van der Waals surface area contributed by atoms with Gasteiger partial charge in [-0.05, 0) is 37.1 Å². The second kappa shape index (κ2) is 7.06. The van der Waals surface area contributed by atoms with Gasteiger partial charge in [0, 0.05) is 6.54 Å². The number of halogens is 1. The summed E-state index contributed by atoms with van der Waals surface area (Å²) in [5.41, 5.74) is 5.39. The normalized spacial score (nSPS) is 16.7. The Hall–Kier alpha value is -1.11. The maximum absolute atomic E-state index is 11.8. The number of thiophene rings is 1. The van der Waals surface area contributed by atoms with E-state index in [1.807, 2.05) is 12.3 Å². The summed E-state index contributed by atoms with van der Waals surface area (Å²) in [6, 6.07) is 3.53. The van der Waals surface area contributed by atoms with E-state index in [4.69, 9.17) is 5.73 Å². The third kappa shape index (κ3) is 4.19. The second-order valence-corrected chi connectivity index (χ2v) is 6.05. The van der Waals surface area contributed by atoms with Gasteiger partial charge in [0.2, 0.25) is 5.91 Å². The lowest BCUT2D eigenvalue weighted by atomic mass is 9.96. The van der Waals surface area contributed by atoms with Gasteiger partial charge in [-0.2, -0.15) is 0 Å². The molecule has 4 N–H and O–H groups in total. The van der Waals surface area contributed by atoms with Crippen molar-refractivity contribution >= 4 is 35.6 Å². The molecule has 2 rings (SSSR count). The van der Waals surface area contributed by atoms with Gasteiger partial charge in [0.1, 0.15) is 0 Å². The molecule has 112 valence electrons. The molecule has 1 atom stereocenters. The van der Waals surface area contributed by atoms with Crippen LogP contribution in [-0.2, 0) is 4.79 Å². The van der Waals surface area contributed by atoms with E-state index in [2.05, 4.69) is 10.6 Å². The van der Waals surface area contributed by atoms with Gasteiger partial charge in [-0.15, -0.1) is 23.7 Å². The van der Waals surface area contributed by atoms with E-state index in [1.54, 1.807) is 12.1 Å². The third-order valence-electron chi connectivity index (χ3n) is 3.48. The van der Waals surface area contributed by atoms with Crippen LogP contribution in [0, 0.1) is 5.92 Å². The second-order valence-electron chi connectivity index (χ2n) is 5.10. The van der Waals surface area contributed by atoms with Crippen molar-refractivity contribution in [1.82, 2.24) is 10.6 Å². The summed E-state index contributed by atoms with van der Waals surface area (Å²) in [6.07, 6.45) is 2.21. The number of nitrogens with two attached hydrogens (primary N) is 1. The molecule has 0 bridgehead atoms. The van der Waals surface area contributed by atoms with Gasteiger partial charge in [-0.3, -0.25) is 9.59 Å². The van der Waals surface area contributed by atoms with Crippen molar-refractivity contribution in [1.29, 1.82) is 0 Å². The largest absolute Gasteiger partial charge is 0.348 e. The van der Waals surface area contributed by atoms with Gasteiger partial charge >= 0.3 is 0 Å². The number of hydrogen-bond acceptors (Lipinski definition) is 4. The highest BCUT2D eigenvalue weighted by Crippen LogP contribution is 2.38. The molecule has 2 amide bonds. The van der Waals surface area contributed by atoms with Crippen LogP contribution in [0.4, 0.5) is 0 Å². The Bertz CT molecular complexity index is 462. The molecule has 1 saturated carbocycles. The summed E-state index contributed by atoms with van der Waals surface area (Å²) in [6.45, 7) is 2.37. The monoisotopic (exact) mass is 317 g/mol. The number of hydrogen-bond donors (Lipinski definition) is 3. The van der Waals surface area contributed by atoms with Crippen LogP contribution in [0.15, 0.2) is 17.5 Å². The van der Waals surface area contributed by atoms with E-state index in [1.165, 1.54) is 11.3 Å². The van der Waals surface area contributed by atoms with Crippen LogP contribution in [0.5, 0.6) is 0 Å². The Morgan fingerprint density at radius 2 is 2.20 bits per heavy atom. The van der Waals surface area contributed by atoms with Gasteiger partial charge in [0.15, 0.2) is 0 Å². The molecule has 0 saturated heterocycles. The van der Waals surface area contributed by atoms with E-state index in [0.29, 0.717) is 17.3 Å². The fourth-order valence-corrected chi connectivity index (χ4v) is 2.70. The van der Waals surface area contributed by atoms with Crippen LogP contribution in [0.25, 0.3) is 0 Å². The number of carbonyl (C=O) groups excluding carboxylic acids is 2. The first kappa shape index (κ1) is 16.9. The van der Waals surface area contributed by atoms with Crippen molar-refractivity contribution in [3.8, 4) is 0 Å². The molecule has 0 aromatic carbocycles. The minimum atomic E-state index is -0.343. The smallest absolute Gasteiger partial charge is 0.261 e. The topological polar surface area (TPSA) is 84.2 Å². The van der Waals surface area contributed by atoms with Crippen molar-refractivity contribution in [3.63, 3.8) is 0 Å². The molecule has 5 nitrogen and oxygen atoms in total. The van der Waals surface area contributed by atoms with Crippen LogP contribution >= 0.6 is 23.7 Å². The SMILES string of the molecule is CC(CN)(NC(=O)CNC(=O)c1cccs1)C1CC1.Cl. The summed E-state index contributed by atoms with van der Waals surface area (Å²) < 4.78 is 0. The molecule has 0 radical (unpaired) electrons. The average molecular weight is 318 g/mol. The predicted octanol–water partition coefficient (Wildman–Crippen LogP) is 1.14. The standard InChI is InChI=1S/C13H19N3O2S.ClH/c1-13(8-14,9-4-5-9)16-11(17)7-15-12(18)10-3-2-6-19-10;/h2-3,6,9H,4-5,7-8,14H2,1H3,(H,15,18)(H,16,17);1H. The molecule has 0 spiro atoms. The molecule has 1 unspecified atom stereocenters. The molecule has 1 heterocycles. The van der Waals surface area contributed by atoms with E-state index >= 15 is 0 Å². The zero-order valence-electron chi connectivity index (χ0n) is 11.3. The van der Waals surface area contributed by atoms with Crippen molar-refractivity contribution < 1.29 is 9.59 Å². The van der Waals surface area contributed by atoms with E-state index in [0.717, 1.165) is 12.8 Å². The van der Waals surface area contributed by atoms with Crippen LogP contribution in [0.3, 0.4) is 0 Å². The fraction of sp³-hybridized carbons (Fsp3) is 0.538. The van der Waals surface area contributed by atoms with Gasteiger partial charge in [0.05, 0.1) is 17.0 Å². The Morgan fingerprint density at radius 1 is 1.50 bits per heavy atom. The van der Waals surface area contributed by atoms with Crippen molar-refractivity contribution in [2.75, 3.05) is 13.1 Å². The summed E-state index contributed by atoms with van der Waals surface area (Å²) in [7, 11) is 0. The third-order valence-corrected chi connectivity index (χ3v) is 4.35. The lowest BCUT2D eigenvalue weighted by molar-refractivity contribution is -0.122. The minimum absolute atomic E-state index is 0. The van der Waals surface area contributed by atoms with Crippen LogP contribution in [0.1, 0.15) is 29.4 Å². The summed E-state index contributed by atoms with van der Waals surface area (Å²) in [4.78, 5) is 24.1. The van der Waals surface area contributed by atoms with Gasteiger partial charge in [-0.1, -0.05) is 6.07 Å². The van der Waals surface area contributed by atoms with Gasteiger partial charge < -0.3 is 16.4 Å². The quantitative estimate of drug-likeness (QED) is 0.735. The van der Waals surface area contributed by atoms with E-state index < -0.39 is 0 Å². The summed E-state index contributed by atoms with van der Waals surface area (Å²) in [5, 5.41) is 7.37. The number of nitrogens with one attached hydrogen (secondary N) is 2. The molecular formula is C13H20ClN3O2S. The minimum Gasteiger partial charge on any atom is -0.348 e. The number of carbonyl (C=O) groups is 2. The highest BCUT2D eigenvalue weighted by atomic mass is 35.5. The Kier molecular flexibility index (Phi) is 5.98. The van der Waals surface area contributed by atoms with Crippen molar-refractivity contribution in [3.05, 3.63) is 22.4 Å². The number of amides is 2. The molecule has 20 heavy (non-hydrogen) atoms. The van der Waals surface area contributed by atoms with Crippen LogP contribution in [-0.4, -0.2) is 30.4 Å². The van der Waals surface area contributed by atoms with Crippen LogP contribution < -0.4 is 16.4 Å². The van der Waals surface area contributed by atoms with Crippen molar-refractivity contribution in [2.45, 2.75) is 25.3 Å². The lowest BCUT2D eigenvalue weighted by Crippen LogP contribution is -2.55. The molecule has 7 heteroatoms. The van der Waals surface area contributed by atoms with E-state index in [-0.39, 0.29) is 36.3 Å². The van der Waals surface area contributed by atoms with Gasteiger partial charge in [-0.25, -0.2) is 0 Å². The zero-order chi connectivity index (χ0) is 13.9. The lowest BCUT2D eigenvalue weighted by Gasteiger charge is -2.29. The molecule has 1 aromatic heterocycles. The number of rotatable bonds is 6. The fourth-order valence-electron chi connectivity index (χ4n) is 2.06. The first-order valence-electron chi connectivity index (χ1n) is 6.38. The molecule has 1 fully saturated rings. The maximum atomic E-state index is 11.8. The van der Waals surface area contributed by atoms with Crippen molar-refractivity contribution in [2.24, 2.45) is 11.7 Å². The zero-order valence-corrected chi connectivity index (χ0v) is 13.0. The Morgan fingerprint density at radius 3 is 2.70 bits per heavy atom. The Balaban J connectivity index is 0.00000200. The first-order chi connectivity index (χ1) is 9.05. The molecule has 0 aliphatic heterocycles. The molecule has 1 aromatic rings. The predicted molar refractivity (Wildman–Crippen MR) is 82.2 cm³/mol. The van der Waals surface area contributed by atoms with Gasteiger partial charge in [0.25, 0.3) is 5.91 Å². The Labute approximate surface area is 128 Å². The van der Waals surface area contributed by atoms with Crippen LogP contribution in [0.2, 0.25) is 0 Å². The average Bonchev–Trinajstić information content (AvgIpc) is 3.12. The molecule has 1 aliphatic carbocycles. The highest BCUT2D eigenvalue weighted by Gasteiger charge is 2.41. The van der Waals surface area contributed by atoms with E-state index in [9.17, 15) is 9.59 Å². The first-order valence-corrected chi connectivity index (χ1v) is 7.26. The summed E-state index contributed by atoms with van der Waals surface area (Å²) in [5.74, 6) is 0.0604.